The molecule has 1 aromatic heterocycles. The molecular weight excluding hydrogens is 387 g/mol. The maximum Gasteiger partial charge on any atom is 0.416 e. The zero-order valence-corrected chi connectivity index (χ0v) is 16.3. The van der Waals surface area contributed by atoms with E-state index in [1.807, 2.05) is 18.7 Å². The monoisotopic (exact) mass is 411 g/mol. The van der Waals surface area contributed by atoms with Crippen LogP contribution in [-0.4, -0.2) is 47.0 Å². The molecule has 1 aliphatic rings. The van der Waals surface area contributed by atoms with Gasteiger partial charge in [-0.3, -0.25) is 4.98 Å². The van der Waals surface area contributed by atoms with Crippen LogP contribution in [0.4, 0.5) is 19.0 Å². The summed E-state index contributed by atoms with van der Waals surface area (Å²) >= 11 is 0. The minimum Gasteiger partial charge on any atom is -0.476 e. The molecule has 1 N–H and O–H groups in total. The summed E-state index contributed by atoms with van der Waals surface area (Å²) in [7, 11) is 0. The quantitative estimate of drug-likeness (QED) is 0.733. The van der Waals surface area contributed by atoms with Crippen LogP contribution in [0.15, 0.2) is 36.7 Å². The fourth-order valence-electron chi connectivity index (χ4n) is 3.25. The molecule has 0 spiro atoms. The highest BCUT2D eigenvalue weighted by atomic mass is 19.4. The molecule has 2 heterocycles. The number of aliphatic hydroxyl groups excluding tert-OH is 1. The zero-order valence-electron chi connectivity index (χ0n) is 16.3. The Bertz CT molecular complexity index is 830. The predicted molar refractivity (Wildman–Crippen MR) is 101 cm³/mol. The number of hydrogen-bond donors (Lipinski definition) is 1. The third kappa shape index (κ3) is 5.57. The summed E-state index contributed by atoms with van der Waals surface area (Å²) in [6, 6.07) is 5.21. The van der Waals surface area contributed by atoms with E-state index in [4.69, 9.17) is 14.6 Å². The van der Waals surface area contributed by atoms with Gasteiger partial charge in [0.1, 0.15) is 6.10 Å². The molecular formula is C20H24F3N3O3. The molecule has 158 valence electrons. The average molecular weight is 411 g/mol. The van der Waals surface area contributed by atoms with Crippen molar-refractivity contribution in [3.8, 4) is 5.88 Å². The van der Waals surface area contributed by atoms with Gasteiger partial charge in [0, 0.05) is 26.1 Å². The van der Waals surface area contributed by atoms with Crippen LogP contribution in [0, 0.1) is 0 Å². The fraction of sp³-hybridized carbons (Fsp3) is 0.500. The van der Waals surface area contributed by atoms with Crippen molar-refractivity contribution in [2.45, 2.75) is 38.1 Å². The molecule has 29 heavy (non-hydrogen) atoms. The lowest BCUT2D eigenvalue weighted by molar-refractivity contribution is -0.137. The predicted octanol–water partition coefficient (Wildman–Crippen LogP) is 3.61. The lowest BCUT2D eigenvalue weighted by atomic mass is 9.99. The van der Waals surface area contributed by atoms with Crippen LogP contribution < -0.4 is 9.64 Å². The van der Waals surface area contributed by atoms with Gasteiger partial charge in [-0.05, 0) is 31.5 Å². The molecule has 1 atom stereocenters. The van der Waals surface area contributed by atoms with Gasteiger partial charge in [0.25, 0.3) is 0 Å². The molecule has 3 rings (SSSR count). The summed E-state index contributed by atoms with van der Waals surface area (Å²) in [5.41, 5.74) is -0.847. The van der Waals surface area contributed by atoms with E-state index >= 15 is 0 Å². The van der Waals surface area contributed by atoms with E-state index in [0.29, 0.717) is 43.4 Å². The molecule has 2 aromatic rings. The first-order valence-corrected chi connectivity index (χ1v) is 9.33. The van der Waals surface area contributed by atoms with Gasteiger partial charge in [0.2, 0.25) is 5.88 Å². The Labute approximate surface area is 167 Å². The van der Waals surface area contributed by atoms with E-state index in [-0.39, 0.29) is 6.61 Å². The van der Waals surface area contributed by atoms with Crippen LogP contribution in [0.3, 0.4) is 0 Å². The Kier molecular flexibility index (Phi) is 6.28. The van der Waals surface area contributed by atoms with Crippen LogP contribution in [0.2, 0.25) is 0 Å². The number of aromatic nitrogens is 2. The van der Waals surface area contributed by atoms with Gasteiger partial charge in [-0.1, -0.05) is 12.1 Å². The van der Waals surface area contributed by atoms with Gasteiger partial charge in [0.05, 0.1) is 30.2 Å². The molecule has 0 bridgehead atoms. The van der Waals surface area contributed by atoms with Crippen molar-refractivity contribution in [3.63, 3.8) is 0 Å². The number of aliphatic hydroxyl groups is 1. The third-order valence-corrected chi connectivity index (χ3v) is 4.48. The number of nitrogens with zero attached hydrogens (tertiary/aromatic N) is 3. The first-order chi connectivity index (χ1) is 13.7. The van der Waals surface area contributed by atoms with Gasteiger partial charge in [-0.25, -0.2) is 0 Å². The van der Waals surface area contributed by atoms with Crippen molar-refractivity contribution in [2.75, 3.05) is 31.2 Å². The molecule has 0 aliphatic carbocycles. The van der Waals surface area contributed by atoms with Crippen molar-refractivity contribution >= 4 is 5.82 Å². The normalized spacial score (nSPS) is 19.2. The Morgan fingerprint density at radius 3 is 2.83 bits per heavy atom. The number of rotatable bonds is 6. The second kappa shape index (κ2) is 8.54. The van der Waals surface area contributed by atoms with Gasteiger partial charge < -0.3 is 19.5 Å². The first kappa shape index (κ1) is 21.3. The summed E-state index contributed by atoms with van der Waals surface area (Å²) < 4.78 is 50.9. The summed E-state index contributed by atoms with van der Waals surface area (Å²) in [6.07, 6.45) is -1.42. The third-order valence-electron chi connectivity index (χ3n) is 4.48. The highest BCUT2D eigenvalue weighted by Crippen LogP contribution is 2.36. The molecule has 1 aliphatic heterocycles. The second-order valence-corrected chi connectivity index (χ2v) is 7.51. The van der Waals surface area contributed by atoms with Gasteiger partial charge in [-0.15, -0.1) is 0 Å². The Hall–Kier alpha value is -2.39. The SMILES string of the molecule is CC1(C)CN(c2cncc(OCCCO)n2)CC(c2cccc(C(F)(F)F)c2)O1. The van der Waals surface area contributed by atoms with E-state index in [9.17, 15) is 13.2 Å². The number of anilines is 1. The number of alkyl halides is 3. The smallest absolute Gasteiger partial charge is 0.416 e. The summed E-state index contributed by atoms with van der Waals surface area (Å²) in [5.74, 6) is 0.885. The highest BCUT2D eigenvalue weighted by molar-refractivity contribution is 5.40. The lowest BCUT2D eigenvalue weighted by Gasteiger charge is -2.43. The molecule has 1 saturated heterocycles. The number of ether oxygens (including phenoxy) is 2. The molecule has 0 saturated carbocycles. The van der Waals surface area contributed by atoms with Gasteiger partial charge in [-0.2, -0.15) is 18.2 Å². The largest absolute Gasteiger partial charge is 0.476 e. The van der Waals surface area contributed by atoms with E-state index < -0.39 is 23.4 Å². The topological polar surface area (TPSA) is 67.7 Å². The van der Waals surface area contributed by atoms with Crippen molar-refractivity contribution in [3.05, 3.63) is 47.8 Å². The van der Waals surface area contributed by atoms with Crippen molar-refractivity contribution in [2.24, 2.45) is 0 Å². The standard InChI is InChI=1S/C20H24F3N3O3/c1-19(2)13-26(17-10-24-11-18(25-17)28-8-4-7-27)12-16(29-19)14-5-3-6-15(9-14)20(21,22)23/h3,5-6,9-11,16,27H,4,7-8,12-13H2,1-2H3. The molecule has 1 fully saturated rings. The van der Waals surface area contributed by atoms with E-state index in [0.717, 1.165) is 12.1 Å². The second-order valence-electron chi connectivity index (χ2n) is 7.51. The van der Waals surface area contributed by atoms with Crippen molar-refractivity contribution in [1.82, 2.24) is 9.97 Å². The Morgan fingerprint density at radius 1 is 1.31 bits per heavy atom. The summed E-state index contributed by atoms with van der Waals surface area (Å²) in [4.78, 5) is 10.5. The summed E-state index contributed by atoms with van der Waals surface area (Å²) in [6.45, 7) is 4.93. The molecule has 1 aromatic carbocycles. The summed E-state index contributed by atoms with van der Waals surface area (Å²) in [5, 5.41) is 8.86. The molecule has 9 heteroatoms. The van der Waals surface area contributed by atoms with Gasteiger partial charge >= 0.3 is 6.18 Å². The van der Waals surface area contributed by atoms with E-state index in [1.165, 1.54) is 12.3 Å². The molecule has 6 nitrogen and oxygen atoms in total. The van der Waals surface area contributed by atoms with Crippen LogP contribution in [-0.2, 0) is 10.9 Å². The number of hydrogen-bond acceptors (Lipinski definition) is 6. The van der Waals surface area contributed by atoms with Crippen LogP contribution in [0.25, 0.3) is 0 Å². The fourth-order valence-corrected chi connectivity index (χ4v) is 3.25. The first-order valence-electron chi connectivity index (χ1n) is 9.33. The van der Waals surface area contributed by atoms with Gasteiger partial charge in [0.15, 0.2) is 5.82 Å². The van der Waals surface area contributed by atoms with Crippen LogP contribution in [0.1, 0.15) is 37.5 Å². The minimum absolute atomic E-state index is 0.0173. The maximum absolute atomic E-state index is 13.1. The van der Waals surface area contributed by atoms with E-state index in [1.54, 1.807) is 12.3 Å². The molecule has 0 radical (unpaired) electrons. The minimum atomic E-state index is -4.41. The average Bonchev–Trinajstić information content (AvgIpc) is 2.67. The van der Waals surface area contributed by atoms with E-state index in [2.05, 4.69) is 9.97 Å². The Balaban J connectivity index is 1.83. The van der Waals surface area contributed by atoms with Crippen LogP contribution in [0.5, 0.6) is 5.88 Å². The Morgan fingerprint density at radius 2 is 2.10 bits per heavy atom. The lowest BCUT2D eigenvalue weighted by Crippen LogP contribution is -2.50. The molecule has 1 unspecified atom stereocenters. The zero-order chi connectivity index (χ0) is 21.1. The number of morpholine rings is 1. The number of benzene rings is 1. The number of halogens is 3. The van der Waals surface area contributed by atoms with Crippen LogP contribution >= 0.6 is 0 Å². The molecule has 0 amide bonds. The van der Waals surface area contributed by atoms with Crippen molar-refractivity contribution in [1.29, 1.82) is 0 Å². The highest BCUT2D eigenvalue weighted by Gasteiger charge is 2.36. The van der Waals surface area contributed by atoms with Crippen molar-refractivity contribution < 1.29 is 27.8 Å². The maximum atomic E-state index is 13.1.